The molecule has 0 bridgehead atoms. The number of aliphatic imine (C=N–C) groups is 1. The molecule has 2 aliphatic heterocycles. The molecule has 0 aromatic rings. The van der Waals surface area contributed by atoms with Gasteiger partial charge in [-0.1, -0.05) is 0 Å². The molecule has 0 aliphatic carbocycles. The van der Waals surface area contributed by atoms with E-state index in [1.54, 1.807) is 20.8 Å². The minimum Gasteiger partial charge on any atom is -0.443 e. The van der Waals surface area contributed by atoms with Gasteiger partial charge in [0.1, 0.15) is 11.0 Å². The molecular formula is C11H17N3O3. The number of nitrogens with zero attached hydrogens (tertiary/aromatic N) is 2. The third-order valence-corrected chi connectivity index (χ3v) is 2.79. The highest BCUT2D eigenvalue weighted by molar-refractivity contribution is 5.92. The minimum absolute atomic E-state index is 0.0390. The highest BCUT2D eigenvalue weighted by Gasteiger charge is 2.49. The van der Waals surface area contributed by atoms with E-state index >= 15 is 0 Å². The smallest absolute Gasteiger partial charge is 0.415 e. The van der Waals surface area contributed by atoms with Gasteiger partial charge in [0.05, 0.1) is 12.9 Å². The fourth-order valence-corrected chi connectivity index (χ4v) is 1.83. The average Bonchev–Trinajstić information content (AvgIpc) is 2.25. The van der Waals surface area contributed by atoms with Crippen LogP contribution in [0.4, 0.5) is 4.79 Å². The lowest BCUT2D eigenvalue weighted by molar-refractivity contribution is -0.140. The summed E-state index contributed by atoms with van der Waals surface area (Å²) in [4.78, 5) is 28.8. The van der Waals surface area contributed by atoms with E-state index in [2.05, 4.69) is 10.3 Å². The predicted octanol–water partition coefficient (Wildman–Crippen LogP) is 0.382. The summed E-state index contributed by atoms with van der Waals surface area (Å²) in [5.41, 5.74) is -1.08. The van der Waals surface area contributed by atoms with Crippen molar-refractivity contribution in [2.24, 2.45) is 10.4 Å². The molecule has 0 aromatic heterocycles. The zero-order chi connectivity index (χ0) is 12.7. The van der Waals surface area contributed by atoms with Crippen molar-refractivity contribution in [3.63, 3.8) is 0 Å². The van der Waals surface area contributed by atoms with E-state index < -0.39 is 17.1 Å². The third-order valence-electron chi connectivity index (χ3n) is 2.79. The lowest BCUT2D eigenvalue weighted by atomic mass is 9.79. The van der Waals surface area contributed by atoms with Gasteiger partial charge in [-0.3, -0.25) is 14.7 Å². The minimum atomic E-state index is -0.544. The molecule has 2 aliphatic rings. The van der Waals surface area contributed by atoms with Crippen LogP contribution in [0, 0.1) is 5.41 Å². The number of nitrogens with one attached hydrogen (secondary N) is 1. The number of hydrogen-bond acceptors (Lipinski definition) is 4. The van der Waals surface area contributed by atoms with Crippen LogP contribution in [0.25, 0.3) is 0 Å². The zero-order valence-corrected chi connectivity index (χ0v) is 10.3. The van der Waals surface area contributed by atoms with Crippen LogP contribution in [-0.4, -0.2) is 48.5 Å². The van der Waals surface area contributed by atoms with Gasteiger partial charge in [0.2, 0.25) is 5.91 Å². The van der Waals surface area contributed by atoms with Crippen molar-refractivity contribution in [1.82, 2.24) is 10.2 Å². The first kappa shape index (κ1) is 11.9. The standard InChI is InChI=1S/C11H17N3O3/c1-10(2,3)17-9(16)14-6-11(4-12-7-14)5-13-8(11)15/h7H,4-6H2,1-3H3,(H,13,15). The maximum Gasteiger partial charge on any atom is 0.415 e. The van der Waals surface area contributed by atoms with Gasteiger partial charge >= 0.3 is 6.09 Å². The van der Waals surface area contributed by atoms with Gasteiger partial charge in [-0.25, -0.2) is 4.79 Å². The number of rotatable bonds is 0. The molecule has 17 heavy (non-hydrogen) atoms. The summed E-state index contributed by atoms with van der Waals surface area (Å²) in [5, 5.41) is 2.69. The Kier molecular flexibility index (Phi) is 2.60. The predicted molar refractivity (Wildman–Crippen MR) is 61.7 cm³/mol. The van der Waals surface area contributed by atoms with Crippen LogP contribution in [0.2, 0.25) is 0 Å². The fraction of sp³-hybridized carbons (Fsp3) is 0.727. The topological polar surface area (TPSA) is 71.0 Å². The second-order valence-corrected chi connectivity index (χ2v) is 5.53. The highest BCUT2D eigenvalue weighted by Crippen LogP contribution is 2.28. The van der Waals surface area contributed by atoms with Gasteiger partial charge < -0.3 is 10.1 Å². The van der Waals surface area contributed by atoms with Gasteiger partial charge in [-0.15, -0.1) is 0 Å². The van der Waals surface area contributed by atoms with Gasteiger partial charge in [0, 0.05) is 13.1 Å². The lowest BCUT2D eigenvalue weighted by Gasteiger charge is -2.43. The Balaban J connectivity index is 2.03. The van der Waals surface area contributed by atoms with E-state index in [-0.39, 0.29) is 5.91 Å². The first-order chi connectivity index (χ1) is 7.82. The van der Waals surface area contributed by atoms with Gasteiger partial charge in [0.15, 0.2) is 0 Å². The molecule has 2 heterocycles. The molecule has 6 heteroatoms. The van der Waals surface area contributed by atoms with E-state index in [0.29, 0.717) is 19.6 Å². The molecule has 1 fully saturated rings. The normalized spacial score (nSPS) is 27.7. The number of ether oxygens (including phenoxy) is 1. The molecule has 1 N–H and O–H groups in total. The maximum atomic E-state index is 11.8. The van der Waals surface area contributed by atoms with Crippen molar-refractivity contribution in [3.05, 3.63) is 0 Å². The van der Waals surface area contributed by atoms with Crippen LogP contribution < -0.4 is 5.32 Å². The Morgan fingerprint density at radius 2 is 2.29 bits per heavy atom. The van der Waals surface area contributed by atoms with E-state index in [1.807, 2.05) is 0 Å². The second kappa shape index (κ2) is 3.72. The third kappa shape index (κ3) is 2.25. The Labute approximate surface area is 100 Å². The SMILES string of the molecule is CC(C)(C)OC(=O)N1C=NCC2(CNC2=O)C1. The van der Waals surface area contributed by atoms with Crippen molar-refractivity contribution >= 4 is 18.3 Å². The summed E-state index contributed by atoms with van der Waals surface area (Å²) in [7, 11) is 0. The summed E-state index contributed by atoms with van der Waals surface area (Å²) < 4.78 is 5.24. The van der Waals surface area contributed by atoms with Gasteiger partial charge in [-0.05, 0) is 20.8 Å². The quantitative estimate of drug-likeness (QED) is 0.621. The van der Waals surface area contributed by atoms with Crippen LogP contribution in [0.1, 0.15) is 20.8 Å². The number of carbonyl (C=O) groups is 2. The number of amides is 2. The summed E-state index contributed by atoms with van der Waals surface area (Å²) >= 11 is 0. The van der Waals surface area contributed by atoms with Crippen molar-refractivity contribution < 1.29 is 14.3 Å². The molecule has 94 valence electrons. The maximum absolute atomic E-state index is 11.8. The Morgan fingerprint density at radius 3 is 2.76 bits per heavy atom. The first-order valence-electron chi connectivity index (χ1n) is 5.60. The van der Waals surface area contributed by atoms with Crippen LogP contribution in [0.3, 0.4) is 0 Å². The van der Waals surface area contributed by atoms with E-state index in [4.69, 9.17) is 4.74 Å². The molecule has 0 aromatic carbocycles. The Bertz CT molecular complexity index is 386. The average molecular weight is 239 g/mol. The monoisotopic (exact) mass is 239 g/mol. The van der Waals surface area contributed by atoms with Crippen molar-refractivity contribution in [3.8, 4) is 0 Å². The molecule has 0 radical (unpaired) electrons. The van der Waals surface area contributed by atoms with E-state index in [1.165, 1.54) is 11.2 Å². The summed E-state index contributed by atoms with van der Waals surface area (Å²) in [6, 6.07) is 0. The Hall–Kier alpha value is -1.59. The molecule has 2 rings (SSSR count). The molecule has 1 spiro atoms. The van der Waals surface area contributed by atoms with Crippen LogP contribution >= 0.6 is 0 Å². The molecule has 1 atom stereocenters. The molecule has 2 amide bonds. The van der Waals surface area contributed by atoms with Crippen molar-refractivity contribution in [1.29, 1.82) is 0 Å². The highest BCUT2D eigenvalue weighted by atomic mass is 16.6. The zero-order valence-electron chi connectivity index (χ0n) is 10.3. The molecule has 0 saturated carbocycles. The van der Waals surface area contributed by atoms with Crippen LogP contribution in [0.5, 0.6) is 0 Å². The first-order valence-corrected chi connectivity index (χ1v) is 5.60. The molecular weight excluding hydrogens is 222 g/mol. The number of hydrogen-bond donors (Lipinski definition) is 1. The van der Waals surface area contributed by atoms with Crippen molar-refractivity contribution in [2.45, 2.75) is 26.4 Å². The Morgan fingerprint density at radius 1 is 1.59 bits per heavy atom. The summed E-state index contributed by atoms with van der Waals surface area (Å²) in [6.07, 6.45) is 0.991. The van der Waals surface area contributed by atoms with Gasteiger partial charge in [-0.2, -0.15) is 0 Å². The molecule has 1 saturated heterocycles. The lowest BCUT2D eigenvalue weighted by Crippen LogP contribution is -2.66. The van der Waals surface area contributed by atoms with Crippen LogP contribution in [0.15, 0.2) is 4.99 Å². The summed E-state index contributed by atoms with van der Waals surface area (Å²) in [6.45, 7) is 6.77. The summed E-state index contributed by atoms with van der Waals surface area (Å²) in [5.74, 6) is -0.0390. The number of β-lactam (4-membered cyclic amide) rings is 1. The van der Waals surface area contributed by atoms with E-state index in [9.17, 15) is 9.59 Å². The van der Waals surface area contributed by atoms with Crippen LogP contribution in [-0.2, 0) is 9.53 Å². The second-order valence-electron chi connectivity index (χ2n) is 5.53. The largest absolute Gasteiger partial charge is 0.443 e. The molecule has 6 nitrogen and oxygen atoms in total. The van der Waals surface area contributed by atoms with E-state index in [0.717, 1.165) is 0 Å². The number of carbonyl (C=O) groups excluding carboxylic acids is 2. The fourth-order valence-electron chi connectivity index (χ4n) is 1.83. The molecule has 1 unspecified atom stereocenters. The van der Waals surface area contributed by atoms with Gasteiger partial charge in [0.25, 0.3) is 0 Å². The van der Waals surface area contributed by atoms with Crippen molar-refractivity contribution in [2.75, 3.05) is 19.6 Å².